The Morgan fingerprint density at radius 1 is 1.17 bits per heavy atom. The second-order valence-electron chi connectivity index (χ2n) is 7.91. The minimum absolute atomic E-state index is 0.157. The van der Waals surface area contributed by atoms with Crippen LogP contribution in [-0.4, -0.2) is 62.5 Å². The molecule has 2 amide bonds. The van der Waals surface area contributed by atoms with Gasteiger partial charge in [0.2, 0.25) is 21.8 Å². The van der Waals surface area contributed by atoms with Crippen molar-refractivity contribution in [2.45, 2.75) is 32.7 Å². The molecule has 0 radical (unpaired) electrons. The molecule has 9 heteroatoms. The molecule has 29 heavy (non-hydrogen) atoms. The molecule has 0 spiro atoms. The maximum atomic E-state index is 13.0. The molecule has 1 fully saturated rings. The van der Waals surface area contributed by atoms with E-state index in [1.807, 2.05) is 44.2 Å². The van der Waals surface area contributed by atoms with Crippen LogP contribution in [0.15, 0.2) is 30.3 Å². The molecule has 162 valence electrons. The topological polar surface area (TPSA) is 122 Å². The zero-order valence-electron chi connectivity index (χ0n) is 17.1. The van der Waals surface area contributed by atoms with Gasteiger partial charge in [0.1, 0.15) is 6.04 Å². The van der Waals surface area contributed by atoms with Crippen molar-refractivity contribution in [1.29, 1.82) is 0 Å². The molecule has 2 atom stereocenters. The predicted octanol–water partition coefficient (Wildman–Crippen LogP) is 0.0965. The van der Waals surface area contributed by atoms with Crippen molar-refractivity contribution in [2.24, 2.45) is 17.6 Å². The summed E-state index contributed by atoms with van der Waals surface area (Å²) in [4.78, 5) is 24.7. The van der Waals surface area contributed by atoms with Crippen molar-refractivity contribution in [1.82, 2.24) is 14.9 Å². The van der Waals surface area contributed by atoms with Gasteiger partial charge in [-0.25, -0.2) is 8.42 Å². The Morgan fingerprint density at radius 2 is 1.79 bits per heavy atom. The maximum absolute atomic E-state index is 13.0. The predicted molar refractivity (Wildman–Crippen MR) is 112 cm³/mol. The highest BCUT2D eigenvalue weighted by molar-refractivity contribution is 7.89. The fraction of sp³-hybridized carbons (Fsp3) is 0.600. The summed E-state index contributed by atoms with van der Waals surface area (Å²) >= 11 is 0. The average molecular weight is 425 g/mol. The highest BCUT2D eigenvalue weighted by Crippen LogP contribution is 2.16. The van der Waals surface area contributed by atoms with E-state index in [-0.39, 0.29) is 18.1 Å². The number of nitrogens with one attached hydrogen (secondary N) is 2. The lowest BCUT2D eigenvalue weighted by atomic mass is 9.98. The molecule has 1 saturated heterocycles. The molecule has 8 nitrogen and oxygen atoms in total. The van der Waals surface area contributed by atoms with Gasteiger partial charge in [0.25, 0.3) is 0 Å². The Morgan fingerprint density at radius 3 is 2.34 bits per heavy atom. The number of hydrogen-bond acceptors (Lipinski definition) is 5. The second-order valence-corrected chi connectivity index (χ2v) is 9.92. The second kappa shape index (κ2) is 10.7. The summed E-state index contributed by atoms with van der Waals surface area (Å²) in [7, 11) is -3.61. The number of carbonyl (C=O) groups excluding carboxylic acids is 2. The van der Waals surface area contributed by atoms with Crippen molar-refractivity contribution < 1.29 is 18.0 Å². The van der Waals surface area contributed by atoms with Crippen LogP contribution in [0.4, 0.5) is 0 Å². The van der Waals surface area contributed by atoms with Crippen LogP contribution in [-0.2, 0) is 26.0 Å². The minimum atomic E-state index is -3.61. The molecule has 0 bridgehead atoms. The lowest BCUT2D eigenvalue weighted by molar-refractivity contribution is -0.129. The van der Waals surface area contributed by atoms with E-state index in [9.17, 15) is 18.0 Å². The molecule has 1 aliphatic heterocycles. The van der Waals surface area contributed by atoms with Gasteiger partial charge in [-0.3, -0.25) is 9.59 Å². The minimum Gasteiger partial charge on any atom is -0.368 e. The zero-order valence-corrected chi connectivity index (χ0v) is 18.0. The van der Waals surface area contributed by atoms with Crippen molar-refractivity contribution in [2.75, 3.05) is 31.9 Å². The molecular formula is C20H32N4O4S. The van der Waals surface area contributed by atoms with Crippen LogP contribution in [0.25, 0.3) is 0 Å². The number of hydrogen-bond donors (Lipinski definition) is 3. The van der Waals surface area contributed by atoms with E-state index in [0.717, 1.165) is 5.56 Å². The number of benzene rings is 1. The third kappa shape index (κ3) is 7.41. The summed E-state index contributed by atoms with van der Waals surface area (Å²) < 4.78 is 27.3. The van der Waals surface area contributed by atoms with Crippen molar-refractivity contribution >= 4 is 21.8 Å². The molecule has 1 heterocycles. The summed E-state index contributed by atoms with van der Waals surface area (Å²) in [5.41, 5.74) is 6.31. The summed E-state index contributed by atoms with van der Waals surface area (Å²) in [6, 6.07) is 8.46. The Labute approximate surface area is 173 Å². The highest BCUT2D eigenvalue weighted by Gasteiger charge is 2.32. The van der Waals surface area contributed by atoms with Gasteiger partial charge in [0, 0.05) is 26.2 Å². The summed E-state index contributed by atoms with van der Waals surface area (Å²) in [6.45, 7) is 5.81. The molecule has 1 aliphatic rings. The Hall–Kier alpha value is -1.97. The number of carbonyl (C=O) groups is 2. The van der Waals surface area contributed by atoms with Crippen LogP contribution in [0.1, 0.15) is 25.8 Å². The number of nitrogens with zero attached hydrogens (tertiary/aromatic N) is 1. The summed E-state index contributed by atoms with van der Waals surface area (Å²) in [6.07, 6.45) is 0.675. The normalized spacial score (nSPS) is 17.6. The number of nitrogens with two attached hydrogens (primary N) is 1. The van der Waals surface area contributed by atoms with Gasteiger partial charge in [0.05, 0.1) is 11.7 Å². The number of amides is 2. The van der Waals surface area contributed by atoms with E-state index in [1.165, 1.54) is 4.31 Å². The number of sulfonamides is 1. The molecule has 4 N–H and O–H groups in total. The Bertz CT molecular complexity index is 777. The van der Waals surface area contributed by atoms with Gasteiger partial charge < -0.3 is 16.4 Å². The van der Waals surface area contributed by atoms with Crippen LogP contribution in [0.3, 0.4) is 0 Å². The van der Waals surface area contributed by atoms with E-state index in [4.69, 9.17) is 5.73 Å². The molecule has 0 aromatic heterocycles. The SMILES string of the molecule is CC(C)C[C@H](NC(=O)C(Cc1ccccc1)CS(=O)(=O)N1CCNCC1)C(N)=O. The van der Waals surface area contributed by atoms with E-state index >= 15 is 0 Å². The van der Waals surface area contributed by atoms with Gasteiger partial charge in [-0.1, -0.05) is 44.2 Å². The van der Waals surface area contributed by atoms with Crippen LogP contribution in [0.2, 0.25) is 0 Å². The molecule has 2 rings (SSSR count). The lowest BCUT2D eigenvalue weighted by Gasteiger charge is -2.29. The summed E-state index contributed by atoms with van der Waals surface area (Å²) in [5.74, 6) is -2.04. The largest absolute Gasteiger partial charge is 0.368 e. The quantitative estimate of drug-likeness (QED) is 0.492. The van der Waals surface area contributed by atoms with Crippen LogP contribution in [0.5, 0.6) is 0 Å². The van der Waals surface area contributed by atoms with Crippen molar-refractivity contribution in [3.05, 3.63) is 35.9 Å². The van der Waals surface area contributed by atoms with Crippen molar-refractivity contribution in [3.63, 3.8) is 0 Å². The van der Waals surface area contributed by atoms with Crippen molar-refractivity contribution in [3.8, 4) is 0 Å². The maximum Gasteiger partial charge on any atom is 0.240 e. The number of rotatable bonds is 10. The number of primary amides is 1. The third-order valence-corrected chi connectivity index (χ3v) is 6.92. The third-order valence-electron chi connectivity index (χ3n) is 4.94. The zero-order chi connectivity index (χ0) is 21.4. The fourth-order valence-electron chi connectivity index (χ4n) is 3.42. The van der Waals surface area contributed by atoms with Gasteiger partial charge in [-0.2, -0.15) is 4.31 Å². The first-order valence-corrected chi connectivity index (χ1v) is 11.6. The van der Waals surface area contributed by atoms with Crippen LogP contribution in [0, 0.1) is 11.8 Å². The van der Waals surface area contributed by atoms with E-state index < -0.39 is 33.8 Å². The van der Waals surface area contributed by atoms with Crippen LogP contribution >= 0.6 is 0 Å². The molecule has 1 aromatic rings. The van der Waals surface area contributed by atoms with Gasteiger partial charge >= 0.3 is 0 Å². The lowest BCUT2D eigenvalue weighted by Crippen LogP contribution is -2.51. The first-order valence-electron chi connectivity index (χ1n) is 10.0. The summed E-state index contributed by atoms with van der Waals surface area (Å²) in [5, 5.41) is 5.81. The monoisotopic (exact) mass is 424 g/mol. The van der Waals surface area contributed by atoms with E-state index in [0.29, 0.717) is 32.6 Å². The molecule has 1 unspecified atom stereocenters. The molecule has 0 saturated carbocycles. The van der Waals surface area contributed by atoms with Crippen LogP contribution < -0.4 is 16.4 Å². The first-order chi connectivity index (χ1) is 13.7. The van der Waals surface area contributed by atoms with E-state index in [1.54, 1.807) is 0 Å². The molecular weight excluding hydrogens is 392 g/mol. The Balaban J connectivity index is 2.19. The standard InChI is InChI=1S/C20H32N4O4S/c1-15(2)12-18(19(21)25)23-20(26)17(13-16-6-4-3-5-7-16)14-29(27,28)24-10-8-22-9-11-24/h3-7,15,17-18,22H,8-14H2,1-2H3,(H2,21,25)(H,23,26)/t17?,18-/m0/s1. The smallest absolute Gasteiger partial charge is 0.240 e. The highest BCUT2D eigenvalue weighted by atomic mass is 32.2. The Kier molecular flexibility index (Phi) is 8.60. The first kappa shape index (κ1) is 23.3. The average Bonchev–Trinajstić information content (AvgIpc) is 2.68. The van der Waals surface area contributed by atoms with Gasteiger partial charge in [0.15, 0.2) is 0 Å². The number of piperazine rings is 1. The molecule has 0 aliphatic carbocycles. The van der Waals surface area contributed by atoms with Gasteiger partial charge in [-0.15, -0.1) is 0 Å². The van der Waals surface area contributed by atoms with Gasteiger partial charge in [-0.05, 0) is 24.3 Å². The molecule has 1 aromatic carbocycles. The fourth-order valence-corrected chi connectivity index (χ4v) is 5.14. The van der Waals surface area contributed by atoms with E-state index in [2.05, 4.69) is 10.6 Å².